The van der Waals surface area contributed by atoms with Crippen LogP contribution >= 0.6 is 23.5 Å². The number of thioether (sulfide) groups is 2. The summed E-state index contributed by atoms with van der Waals surface area (Å²) in [5.74, 6) is 0.766. The first-order valence-corrected chi connectivity index (χ1v) is 9.88. The highest BCUT2D eigenvalue weighted by Gasteiger charge is 2.34. The summed E-state index contributed by atoms with van der Waals surface area (Å²) in [5, 5.41) is 0.624. The number of benzene rings is 1. The van der Waals surface area contributed by atoms with Crippen LogP contribution in [-0.4, -0.2) is 63.6 Å². The second-order valence-electron chi connectivity index (χ2n) is 5.31. The summed E-state index contributed by atoms with van der Waals surface area (Å²) in [7, 11) is 0. The third kappa shape index (κ3) is 4.75. The van der Waals surface area contributed by atoms with Crippen molar-refractivity contribution in [2.24, 2.45) is 0 Å². The number of aromatic amines is 1. The maximum absolute atomic E-state index is 11.6. The number of imide groups is 1. The van der Waals surface area contributed by atoms with Gasteiger partial charge in [0.25, 0.3) is 5.24 Å². The van der Waals surface area contributed by atoms with Crippen molar-refractivity contribution in [1.29, 1.82) is 0 Å². The van der Waals surface area contributed by atoms with Gasteiger partial charge < -0.3 is 14.5 Å². The maximum atomic E-state index is 11.6. The minimum Gasteiger partial charge on any atom is -0.378 e. The zero-order chi connectivity index (χ0) is 17.6. The Morgan fingerprint density at radius 1 is 1.32 bits per heavy atom. The Morgan fingerprint density at radius 2 is 2.16 bits per heavy atom. The molecule has 1 unspecified atom stereocenters. The number of imidazole rings is 1. The molecule has 1 saturated heterocycles. The van der Waals surface area contributed by atoms with E-state index in [9.17, 15) is 9.59 Å². The molecular weight excluding hydrogens is 362 g/mol. The first kappa shape index (κ1) is 18.2. The van der Waals surface area contributed by atoms with E-state index >= 15 is 0 Å². The lowest BCUT2D eigenvalue weighted by Gasteiger charge is -2.21. The molecule has 0 bridgehead atoms. The van der Waals surface area contributed by atoms with Crippen LogP contribution in [0.4, 0.5) is 4.79 Å². The summed E-state index contributed by atoms with van der Waals surface area (Å²) in [6.45, 7) is 3.00. The lowest BCUT2D eigenvalue weighted by atomic mass is 10.3. The smallest absolute Gasteiger partial charge is 0.290 e. The van der Waals surface area contributed by atoms with Gasteiger partial charge in [0.1, 0.15) is 6.23 Å². The molecule has 1 N–H and O–H groups in total. The lowest BCUT2D eigenvalue weighted by Crippen LogP contribution is -2.39. The molecule has 0 radical (unpaired) electrons. The van der Waals surface area contributed by atoms with Crippen LogP contribution in [-0.2, 0) is 14.3 Å². The number of hydrogen-bond donors (Lipinski definition) is 1. The van der Waals surface area contributed by atoms with Crippen molar-refractivity contribution in [3.05, 3.63) is 24.3 Å². The van der Waals surface area contributed by atoms with Crippen LogP contribution in [0.25, 0.3) is 11.0 Å². The number of hydrogen-bond acceptors (Lipinski definition) is 7. The average molecular weight is 381 g/mol. The Morgan fingerprint density at radius 3 is 2.92 bits per heavy atom. The predicted molar refractivity (Wildman–Crippen MR) is 97.8 cm³/mol. The molecule has 0 aliphatic carbocycles. The van der Waals surface area contributed by atoms with Crippen LogP contribution in [0.1, 0.15) is 6.92 Å². The zero-order valence-electron chi connectivity index (χ0n) is 13.8. The van der Waals surface area contributed by atoms with Crippen LogP contribution in [0.2, 0.25) is 0 Å². The van der Waals surface area contributed by atoms with Crippen LogP contribution in [0.15, 0.2) is 29.4 Å². The molecule has 2 aromatic rings. The topological polar surface area (TPSA) is 84.5 Å². The highest BCUT2D eigenvalue weighted by Crippen LogP contribution is 2.21. The summed E-state index contributed by atoms with van der Waals surface area (Å²) in [4.78, 5) is 32.0. The van der Waals surface area contributed by atoms with E-state index in [1.54, 1.807) is 18.7 Å². The second-order valence-corrected chi connectivity index (χ2v) is 7.32. The van der Waals surface area contributed by atoms with E-state index in [1.807, 2.05) is 24.3 Å². The molecule has 1 aliphatic rings. The molecule has 2 amide bonds. The number of amides is 2. The molecule has 0 saturated carbocycles. The van der Waals surface area contributed by atoms with Gasteiger partial charge in [-0.05, 0) is 19.1 Å². The molecule has 1 aliphatic heterocycles. The molecule has 7 nitrogen and oxygen atoms in total. The minimum absolute atomic E-state index is 0.196. The molecule has 1 atom stereocenters. The van der Waals surface area contributed by atoms with E-state index in [0.29, 0.717) is 19.8 Å². The number of rotatable bonds is 9. The van der Waals surface area contributed by atoms with Crippen molar-refractivity contribution in [2.45, 2.75) is 18.3 Å². The number of fused-ring (bicyclic) bond motifs is 1. The SMILES string of the molecule is CC(OCCOCCSc1nc2ccccc2[nH]1)N1C(=O)CSC1=O. The van der Waals surface area contributed by atoms with Crippen molar-refractivity contribution >= 4 is 45.7 Å². The molecule has 2 heterocycles. The quantitative estimate of drug-likeness (QED) is 0.528. The Bertz CT molecular complexity index is 703. The summed E-state index contributed by atoms with van der Waals surface area (Å²) in [6.07, 6.45) is -0.552. The average Bonchev–Trinajstić information content (AvgIpc) is 3.16. The van der Waals surface area contributed by atoms with Gasteiger partial charge >= 0.3 is 0 Å². The van der Waals surface area contributed by atoms with E-state index in [2.05, 4.69) is 9.97 Å². The first-order chi connectivity index (χ1) is 12.1. The van der Waals surface area contributed by atoms with Crippen molar-refractivity contribution in [1.82, 2.24) is 14.9 Å². The second kappa shape index (κ2) is 8.70. The van der Waals surface area contributed by atoms with Gasteiger partial charge in [0.05, 0.1) is 36.6 Å². The molecule has 9 heteroatoms. The molecule has 1 aromatic carbocycles. The summed E-state index contributed by atoms with van der Waals surface area (Å²) < 4.78 is 11.0. The molecule has 134 valence electrons. The fourth-order valence-corrected chi connectivity index (χ4v) is 3.88. The lowest BCUT2D eigenvalue weighted by molar-refractivity contribution is -0.135. The minimum atomic E-state index is -0.552. The Labute approximate surface area is 153 Å². The highest BCUT2D eigenvalue weighted by molar-refractivity contribution is 8.14. The van der Waals surface area contributed by atoms with Crippen LogP contribution in [0.3, 0.4) is 0 Å². The van der Waals surface area contributed by atoms with Gasteiger partial charge in [0.2, 0.25) is 5.91 Å². The Kier molecular flexibility index (Phi) is 6.35. The van der Waals surface area contributed by atoms with Crippen LogP contribution < -0.4 is 0 Å². The zero-order valence-corrected chi connectivity index (χ0v) is 15.4. The van der Waals surface area contributed by atoms with E-state index in [-0.39, 0.29) is 16.9 Å². The van der Waals surface area contributed by atoms with Crippen molar-refractivity contribution in [3.63, 3.8) is 0 Å². The van der Waals surface area contributed by atoms with Crippen LogP contribution in [0, 0.1) is 0 Å². The third-order valence-electron chi connectivity index (χ3n) is 3.57. The summed E-state index contributed by atoms with van der Waals surface area (Å²) >= 11 is 2.60. The Balaban J connectivity index is 1.29. The van der Waals surface area contributed by atoms with E-state index in [1.165, 1.54) is 0 Å². The van der Waals surface area contributed by atoms with E-state index in [0.717, 1.165) is 38.6 Å². The van der Waals surface area contributed by atoms with Crippen molar-refractivity contribution in [2.75, 3.05) is 31.3 Å². The van der Waals surface area contributed by atoms with Gasteiger partial charge in [-0.25, -0.2) is 9.88 Å². The molecule has 3 rings (SSSR count). The standard InChI is InChI=1S/C16H19N3O4S2/c1-11(19-14(20)10-25-16(19)21)23-7-6-22-8-9-24-15-17-12-4-2-3-5-13(12)18-15/h2-5,11H,6-10H2,1H3,(H,17,18). The monoisotopic (exact) mass is 381 g/mol. The number of H-pyrrole nitrogens is 1. The van der Waals surface area contributed by atoms with Crippen LogP contribution in [0.5, 0.6) is 0 Å². The molecule has 1 fully saturated rings. The predicted octanol–water partition coefficient (Wildman–Crippen LogP) is 2.73. The van der Waals surface area contributed by atoms with Gasteiger partial charge in [-0.15, -0.1) is 0 Å². The maximum Gasteiger partial charge on any atom is 0.290 e. The molecule has 25 heavy (non-hydrogen) atoms. The molecule has 1 aromatic heterocycles. The van der Waals surface area contributed by atoms with Gasteiger partial charge in [0, 0.05) is 5.75 Å². The number of carbonyl (C=O) groups is 2. The van der Waals surface area contributed by atoms with E-state index in [4.69, 9.17) is 9.47 Å². The Hall–Kier alpha value is -1.55. The van der Waals surface area contributed by atoms with Gasteiger partial charge in [-0.1, -0.05) is 35.7 Å². The van der Waals surface area contributed by atoms with E-state index < -0.39 is 6.23 Å². The third-order valence-corrected chi connectivity index (χ3v) is 5.24. The summed E-state index contributed by atoms with van der Waals surface area (Å²) in [5.41, 5.74) is 1.98. The number of nitrogens with one attached hydrogen (secondary N) is 1. The number of aromatic nitrogens is 2. The van der Waals surface area contributed by atoms with Crippen molar-refractivity contribution in [3.8, 4) is 0 Å². The van der Waals surface area contributed by atoms with Gasteiger partial charge in [-0.2, -0.15) is 0 Å². The fraction of sp³-hybridized carbons (Fsp3) is 0.438. The summed E-state index contributed by atoms with van der Waals surface area (Å²) in [6, 6.07) is 7.90. The largest absolute Gasteiger partial charge is 0.378 e. The first-order valence-electron chi connectivity index (χ1n) is 7.91. The fourth-order valence-electron chi connectivity index (χ4n) is 2.36. The molecule has 0 spiro atoms. The van der Waals surface area contributed by atoms with Gasteiger partial charge in [0.15, 0.2) is 5.16 Å². The van der Waals surface area contributed by atoms with Crippen molar-refractivity contribution < 1.29 is 19.1 Å². The molecular formula is C16H19N3O4S2. The normalized spacial score (nSPS) is 16.1. The number of carbonyl (C=O) groups excluding carboxylic acids is 2. The highest BCUT2D eigenvalue weighted by atomic mass is 32.2. The number of para-hydroxylation sites is 2. The number of nitrogens with zero attached hydrogens (tertiary/aromatic N) is 2. The van der Waals surface area contributed by atoms with Gasteiger partial charge in [-0.3, -0.25) is 9.59 Å². The number of ether oxygens (including phenoxy) is 2.